The van der Waals surface area contributed by atoms with Gasteiger partial charge in [-0.25, -0.2) is 0 Å². The predicted octanol–water partition coefficient (Wildman–Crippen LogP) is 5.05. The standard InChI is InChI=1S/C26H32ClN3O2/c1-19-10-11-22(18-23(19)27)28-25(31)24(20-8-4-2-5-9-20)29-16-12-21(13-17-29)26(32)30-14-6-3-7-15-30/h2,4-5,8-11,18,21,24H,3,6-7,12-17H2,1H3,(H,28,31). The minimum Gasteiger partial charge on any atom is -0.342 e. The van der Waals surface area contributed by atoms with E-state index in [4.69, 9.17) is 11.6 Å². The summed E-state index contributed by atoms with van der Waals surface area (Å²) >= 11 is 6.25. The van der Waals surface area contributed by atoms with E-state index in [1.165, 1.54) is 6.42 Å². The maximum absolute atomic E-state index is 13.4. The Bertz CT molecular complexity index is 935. The van der Waals surface area contributed by atoms with Crippen LogP contribution in [0.5, 0.6) is 0 Å². The molecule has 6 heteroatoms. The second-order valence-corrected chi connectivity index (χ2v) is 9.37. The van der Waals surface area contributed by atoms with Crippen molar-refractivity contribution in [1.82, 2.24) is 9.80 Å². The Hall–Kier alpha value is -2.37. The van der Waals surface area contributed by atoms with Crippen molar-refractivity contribution in [3.63, 3.8) is 0 Å². The van der Waals surface area contributed by atoms with Crippen LogP contribution in [0.3, 0.4) is 0 Å². The number of carbonyl (C=O) groups excluding carboxylic acids is 2. The molecule has 2 amide bonds. The van der Waals surface area contributed by atoms with Gasteiger partial charge < -0.3 is 10.2 Å². The van der Waals surface area contributed by atoms with Crippen LogP contribution < -0.4 is 5.32 Å². The summed E-state index contributed by atoms with van der Waals surface area (Å²) in [6, 6.07) is 15.1. The SMILES string of the molecule is Cc1ccc(NC(=O)C(c2ccccc2)N2CCC(C(=O)N3CCCCC3)CC2)cc1Cl. The van der Waals surface area contributed by atoms with Crippen molar-refractivity contribution in [2.24, 2.45) is 5.92 Å². The number of rotatable bonds is 5. The highest BCUT2D eigenvalue weighted by Gasteiger charge is 2.34. The predicted molar refractivity (Wildman–Crippen MR) is 129 cm³/mol. The first-order valence-electron chi connectivity index (χ1n) is 11.7. The highest BCUT2D eigenvalue weighted by atomic mass is 35.5. The summed E-state index contributed by atoms with van der Waals surface area (Å²) in [5.74, 6) is 0.302. The third-order valence-electron chi connectivity index (χ3n) is 6.71. The van der Waals surface area contributed by atoms with E-state index in [1.54, 1.807) is 6.07 Å². The molecule has 2 heterocycles. The minimum absolute atomic E-state index is 0.0692. The van der Waals surface area contributed by atoms with Gasteiger partial charge in [-0.05, 0) is 75.4 Å². The van der Waals surface area contributed by atoms with E-state index in [9.17, 15) is 9.59 Å². The fourth-order valence-corrected chi connectivity index (χ4v) is 5.00. The van der Waals surface area contributed by atoms with E-state index in [2.05, 4.69) is 10.2 Å². The van der Waals surface area contributed by atoms with Gasteiger partial charge in [0.1, 0.15) is 6.04 Å². The van der Waals surface area contributed by atoms with Crippen molar-refractivity contribution in [3.8, 4) is 0 Å². The molecule has 1 unspecified atom stereocenters. The van der Waals surface area contributed by atoms with Gasteiger partial charge in [-0.3, -0.25) is 14.5 Å². The molecule has 1 N–H and O–H groups in total. The lowest BCUT2D eigenvalue weighted by Crippen LogP contribution is -2.47. The Morgan fingerprint density at radius 2 is 1.66 bits per heavy atom. The maximum atomic E-state index is 13.4. The Labute approximate surface area is 195 Å². The van der Waals surface area contributed by atoms with E-state index in [1.807, 2.05) is 54.3 Å². The van der Waals surface area contributed by atoms with Gasteiger partial charge >= 0.3 is 0 Å². The Morgan fingerprint density at radius 1 is 0.969 bits per heavy atom. The van der Waals surface area contributed by atoms with E-state index >= 15 is 0 Å². The summed E-state index contributed by atoms with van der Waals surface area (Å²) in [6.07, 6.45) is 5.04. The lowest BCUT2D eigenvalue weighted by atomic mass is 9.92. The number of hydrogen-bond acceptors (Lipinski definition) is 3. The van der Waals surface area contributed by atoms with Crippen LogP contribution in [0.1, 0.15) is 49.3 Å². The minimum atomic E-state index is -0.401. The molecule has 2 aliphatic heterocycles. The molecule has 2 aromatic carbocycles. The van der Waals surface area contributed by atoms with Gasteiger partial charge in [-0.15, -0.1) is 0 Å². The van der Waals surface area contributed by atoms with Crippen LogP contribution >= 0.6 is 11.6 Å². The van der Waals surface area contributed by atoms with Crippen LogP contribution in [0.15, 0.2) is 48.5 Å². The summed E-state index contributed by atoms with van der Waals surface area (Å²) in [5.41, 5.74) is 2.63. The van der Waals surface area contributed by atoms with Crippen molar-refractivity contribution in [1.29, 1.82) is 0 Å². The number of nitrogens with zero attached hydrogens (tertiary/aromatic N) is 2. The summed E-state index contributed by atoms with van der Waals surface area (Å²) in [5, 5.41) is 3.69. The van der Waals surface area contributed by atoms with E-state index in [0.717, 1.165) is 63.0 Å². The summed E-state index contributed by atoms with van der Waals surface area (Å²) in [7, 11) is 0. The molecule has 0 radical (unpaired) electrons. The summed E-state index contributed by atoms with van der Waals surface area (Å²) in [4.78, 5) is 30.6. The third kappa shape index (κ3) is 5.33. The molecule has 2 aliphatic rings. The number of halogens is 1. The zero-order valence-electron chi connectivity index (χ0n) is 18.7. The number of anilines is 1. The number of amides is 2. The van der Waals surface area contributed by atoms with E-state index in [-0.39, 0.29) is 11.8 Å². The van der Waals surface area contributed by atoms with Gasteiger partial charge in [0.05, 0.1) is 0 Å². The number of likely N-dealkylation sites (tertiary alicyclic amines) is 2. The number of nitrogens with one attached hydrogen (secondary N) is 1. The van der Waals surface area contributed by atoms with Gasteiger partial charge in [0.15, 0.2) is 0 Å². The highest BCUT2D eigenvalue weighted by Crippen LogP contribution is 2.30. The maximum Gasteiger partial charge on any atom is 0.246 e. The first kappa shape index (κ1) is 22.8. The van der Waals surface area contributed by atoms with Crippen LogP contribution in [0.25, 0.3) is 0 Å². The third-order valence-corrected chi connectivity index (χ3v) is 7.12. The fourth-order valence-electron chi connectivity index (χ4n) is 4.82. The second-order valence-electron chi connectivity index (χ2n) is 8.96. The molecule has 5 nitrogen and oxygen atoms in total. The van der Waals surface area contributed by atoms with Gasteiger partial charge in [-0.1, -0.05) is 48.0 Å². The van der Waals surface area contributed by atoms with Gasteiger partial charge in [-0.2, -0.15) is 0 Å². The molecular formula is C26H32ClN3O2. The first-order valence-corrected chi connectivity index (χ1v) is 12.1. The molecule has 1 atom stereocenters. The van der Waals surface area contributed by atoms with Crippen LogP contribution in [-0.2, 0) is 9.59 Å². The largest absolute Gasteiger partial charge is 0.342 e. The van der Waals surface area contributed by atoms with Gasteiger partial charge in [0.25, 0.3) is 0 Å². The molecular weight excluding hydrogens is 422 g/mol. The molecule has 0 saturated carbocycles. The number of aryl methyl sites for hydroxylation is 1. The normalized spacial score (nSPS) is 18.9. The lowest BCUT2D eigenvalue weighted by molar-refractivity contribution is -0.138. The topological polar surface area (TPSA) is 52.7 Å². The monoisotopic (exact) mass is 453 g/mol. The van der Waals surface area contributed by atoms with Gasteiger partial charge in [0.2, 0.25) is 11.8 Å². The fraction of sp³-hybridized carbons (Fsp3) is 0.462. The molecule has 0 aliphatic carbocycles. The van der Waals surface area contributed by atoms with Crippen molar-refractivity contribution < 1.29 is 9.59 Å². The quantitative estimate of drug-likeness (QED) is 0.689. The molecule has 0 aromatic heterocycles. The van der Waals surface area contributed by atoms with Crippen molar-refractivity contribution in [2.45, 2.75) is 45.1 Å². The average molecular weight is 454 g/mol. The Kier molecular flexibility index (Phi) is 7.48. The second kappa shape index (κ2) is 10.5. The lowest BCUT2D eigenvalue weighted by Gasteiger charge is -2.38. The van der Waals surface area contributed by atoms with E-state index < -0.39 is 6.04 Å². The van der Waals surface area contributed by atoms with Crippen LogP contribution in [0.4, 0.5) is 5.69 Å². The number of hydrogen-bond donors (Lipinski definition) is 1. The summed E-state index contributed by atoms with van der Waals surface area (Å²) < 4.78 is 0. The smallest absolute Gasteiger partial charge is 0.246 e. The molecule has 0 spiro atoms. The molecule has 0 bridgehead atoms. The first-order chi connectivity index (χ1) is 15.5. The van der Waals surface area contributed by atoms with E-state index in [0.29, 0.717) is 16.6 Å². The van der Waals surface area contributed by atoms with Crippen molar-refractivity contribution in [3.05, 3.63) is 64.7 Å². The molecule has 2 fully saturated rings. The molecule has 170 valence electrons. The summed E-state index contributed by atoms with van der Waals surface area (Å²) in [6.45, 7) is 5.19. The Balaban J connectivity index is 1.46. The average Bonchev–Trinajstić information content (AvgIpc) is 2.83. The molecule has 2 aromatic rings. The molecule has 2 saturated heterocycles. The number of piperidine rings is 2. The van der Waals surface area contributed by atoms with Crippen LogP contribution in [0.2, 0.25) is 5.02 Å². The molecule has 4 rings (SSSR count). The zero-order chi connectivity index (χ0) is 22.5. The number of carbonyl (C=O) groups is 2. The van der Waals surface area contributed by atoms with Crippen LogP contribution in [0, 0.1) is 12.8 Å². The van der Waals surface area contributed by atoms with Crippen molar-refractivity contribution >= 4 is 29.1 Å². The van der Waals surface area contributed by atoms with Crippen LogP contribution in [-0.4, -0.2) is 47.8 Å². The highest BCUT2D eigenvalue weighted by molar-refractivity contribution is 6.31. The zero-order valence-corrected chi connectivity index (χ0v) is 19.5. The Morgan fingerprint density at radius 3 is 2.31 bits per heavy atom. The van der Waals surface area contributed by atoms with Crippen molar-refractivity contribution in [2.75, 3.05) is 31.5 Å². The number of benzene rings is 2. The molecule has 32 heavy (non-hydrogen) atoms. The van der Waals surface area contributed by atoms with Gasteiger partial charge in [0, 0.05) is 29.7 Å².